The van der Waals surface area contributed by atoms with Crippen LogP contribution in [0.3, 0.4) is 0 Å². The first-order valence-electron chi connectivity index (χ1n) is 5.92. The molecule has 6 heteroatoms. The molecule has 0 atom stereocenters. The highest BCUT2D eigenvalue weighted by Gasteiger charge is 2.09. The summed E-state index contributed by atoms with van der Waals surface area (Å²) in [6.07, 6.45) is 1.42. The highest BCUT2D eigenvalue weighted by molar-refractivity contribution is 6.30. The van der Waals surface area contributed by atoms with Crippen LogP contribution in [0.2, 0.25) is 5.02 Å². The summed E-state index contributed by atoms with van der Waals surface area (Å²) in [6, 6.07) is 7.06. The molecule has 2 N–H and O–H groups in total. The number of halogens is 2. The van der Waals surface area contributed by atoms with E-state index in [1.54, 1.807) is 6.07 Å². The van der Waals surface area contributed by atoms with Crippen LogP contribution in [0.4, 0.5) is 10.1 Å². The van der Waals surface area contributed by atoms with Crippen LogP contribution in [0, 0.1) is 17.7 Å². The van der Waals surface area contributed by atoms with Gasteiger partial charge in [-0.25, -0.2) is 9.37 Å². The van der Waals surface area contributed by atoms with E-state index in [2.05, 4.69) is 22.1 Å². The normalized spacial score (nSPS) is 9.67. The lowest BCUT2D eigenvalue weighted by Gasteiger charge is -2.05. The number of hydrogen-bond donors (Lipinski definition) is 2. The minimum atomic E-state index is -0.614. The first-order chi connectivity index (χ1) is 10.1. The van der Waals surface area contributed by atoms with Crippen LogP contribution in [0.1, 0.15) is 16.1 Å². The number of nitrogens with one attached hydrogen (secondary N) is 1. The smallest absolute Gasteiger partial charge is 0.274 e. The molecular formula is C15H10ClFN2O2. The molecule has 0 unspecified atom stereocenters. The number of benzene rings is 1. The lowest BCUT2D eigenvalue weighted by Crippen LogP contribution is -2.13. The van der Waals surface area contributed by atoms with Gasteiger partial charge in [0, 0.05) is 17.4 Å². The van der Waals surface area contributed by atoms with Crippen molar-refractivity contribution >= 4 is 23.2 Å². The molecule has 0 saturated heterocycles. The molecule has 2 aromatic rings. The third-order valence-electron chi connectivity index (χ3n) is 2.49. The fourth-order valence-electron chi connectivity index (χ4n) is 1.51. The van der Waals surface area contributed by atoms with Crippen LogP contribution in [-0.4, -0.2) is 22.6 Å². The van der Waals surface area contributed by atoms with E-state index in [0.29, 0.717) is 5.56 Å². The predicted molar refractivity (Wildman–Crippen MR) is 77.6 cm³/mol. The number of hydrogen-bond acceptors (Lipinski definition) is 3. The molecule has 0 aliphatic heterocycles. The molecular weight excluding hydrogens is 295 g/mol. The van der Waals surface area contributed by atoms with Gasteiger partial charge in [0.25, 0.3) is 5.91 Å². The molecule has 2 rings (SSSR count). The molecule has 0 fully saturated rings. The first-order valence-corrected chi connectivity index (χ1v) is 6.30. The van der Waals surface area contributed by atoms with Crippen molar-refractivity contribution in [3.05, 3.63) is 58.6 Å². The Labute approximate surface area is 125 Å². The van der Waals surface area contributed by atoms with Crippen molar-refractivity contribution in [2.24, 2.45) is 0 Å². The van der Waals surface area contributed by atoms with E-state index in [4.69, 9.17) is 16.7 Å². The summed E-state index contributed by atoms with van der Waals surface area (Å²) < 4.78 is 13.3. The molecule has 21 heavy (non-hydrogen) atoms. The number of rotatable bonds is 2. The highest BCUT2D eigenvalue weighted by atomic mass is 35.5. The molecule has 0 aliphatic carbocycles. The summed E-state index contributed by atoms with van der Waals surface area (Å²) in [6.45, 7) is -0.246. The van der Waals surface area contributed by atoms with Crippen molar-refractivity contribution in [1.82, 2.24) is 4.98 Å². The third-order valence-corrected chi connectivity index (χ3v) is 2.79. The van der Waals surface area contributed by atoms with Gasteiger partial charge in [-0.05, 0) is 30.3 Å². The maximum Gasteiger partial charge on any atom is 0.274 e. The van der Waals surface area contributed by atoms with Gasteiger partial charge in [0.1, 0.15) is 18.1 Å². The number of amides is 1. The molecule has 4 nitrogen and oxygen atoms in total. The molecule has 0 aliphatic rings. The Balaban J connectivity index is 2.11. The van der Waals surface area contributed by atoms with Gasteiger partial charge in [0.05, 0.1) is 5.02 Å². The minimum Gasteiger partial charge on any atom is -0.384 e. The van der Waals surface area contributed by atoms with Gasteiger partial charge >= 0.3 is 0 Å². The quantitative estimate of drug-likeness (QED) is 0.838. The molecule has 0 spiro atoms. The van der Waals surface area contributed by atoms with Crippen LogP contribution in [0.5, 0.6) is 0 Å². The zero-order chi connectivity index (χ0) is 15.2. The van der Waals surface area contributed by atoms with Crippen molar-refractivity contribution in [3.8, 4) is 11.8 Å². The van der Waals surface area contributed by atoms with Gasteiger partial charge in [-0.3, -0.25) is 4.79 Å². The summed E-state index contributed by atoms with van der Waals surface area (Å²) in [5.74, 6) is 4.05. The lowest BCUT2D eigenvalue weighted by atomic mass is 10.2. The Bertz CT molecular complexity index is 721. The zero-order valence-corrected chi connectivity index (χ0v) is 11.5. The van der Waals surface area contributed by atoms with Gasteiger partial charge in [-0.1, -0.05) is 23.4 Å². The Kier molecular flexibility index (Phi) is 4.88. The van der Waals surface area contributed by atoms with Gasteiger partial charge < -0.3 is 10.4 Å². The fraction of sp³-hybridized carbons (Fsp3) is 0.0667. The molecule has 106 valence electrons. The SMILES string of the molecule is O=C(Nc1ccc(Cl)c(F)c1)c1ccc(C#CCO)cn1. The topological polar surface area (TPSA) is 62.2 Å². The van der Waals surface area contributed by atoms with Crippen LogP contribution < -0.4 is 5.32 Å². The van der Waals surface area contributed by atoms with Crippen LogP contribution in [0.25, 0.3) is 0 Å². The van der Waals surface area contributed by atoms with Gasteiger partial charge in [0.15, 0.2) is 0 Å². The van der Waals surface area contributed by atoms with E-state index in [1.165, 1.54) is 24.4 Å². The fourth-order valence-corrected chi connectivity index (χ4v) is 1.63. The van der Waals surface area contributed by atoms with Crippen molar-refractivity contribution in [1.29, 1.82) is 0 Å². The maximum absolute atomic E-state index is 13.3. The molecule has 1 aromatic carbocycles. The van der Waals surface area contributed by atoms with Crippen LogP contribution in [0.15, 0.2) is 36.5 Å². The van der Waals surface area contributed by atoms with Crippen LogP contribution in [-0.2, 0) is 0 Å². The Morgan fingerprint density at radius 1 is 1.38 bits per heavy atom. The van der Waals surface area contributed by atoms with Crippen molar-refractivity contribution < 1.29 is 14.3 Å². The van der Waals surface area contributed by atoms with Crippen LogP contribution >= 0.6 is 11.6 Å². The van der Waals surface area contributed by atoms with Crippen molar-refractivity contribution in [2.45, 2.75) is 0 Å². The number of carbonyl (C=O) groups is 1. The van der Waals surface area contributed by atoms with Gasteiger partial charge in [-0.15, -0.1) is 0 Å². The number of aliphatic hydroxyl groups excluding tert-OH is 1. The van der Waals surface area contributed by atoms with Gasteiger partial charge in [0.2, 0.25) is 0 Å². The van der Waals surface area contributed by atoms with E-state index in [0.717, 1.165) is 6.07 Å². The molecule has 1 aromatic heterocycles. The Morgan fingerprint density at radius 2 is 2.19 bits per heavy atom. The average Bonchev–Trinajstić information content (AvgIpc) is 2.49. The number of aromatic nitrogens is 1. The summed E-state index contributed by atoms with van der Waals surface area (Å²) in [7, 11) is 0. The zero-order valence-electron chi connectivity index (χ0n) is 10.7. The standard InChI is InChI=1S/C15H10ClFN2O2/c16-12-5-4-11(8-13(12)17)19-15(21)14-6-3-10(9-18-14)2-1-7-20/h3-6,8-9,20H,7H2,(H,19,21). The molecule has 0 radical (unpaired) electrons. The van der Waals surface area contributed by atoms with E-state index in [-0.39, 0.29) is 23.0 Å². The van der Waals surface area contributed by atoms with Crippen molar-refractivity contribution in [3.63, 3.8) is 0 Å². The average molecular weight is 305 g/mol. The van der Waals surface area contributed by atoms with E-state index in [1.807, 2.05) is 0 Å². The number of anilines is 1. The monoisotopic (exact) mass is 304 g/mol. The van der Waals surface area contributed by atoms with E-state index in [9.17, 15) is 9.18 Å². The predicted octanol–water partition coefficient (Wildman–Crippen LogP) is 2.47. The summed E-state index contributed by atoms with van der Waals surface area (Å²) in [5.41, 5.74) is 1.03. The second kappa shape index (κ2) is 6.84. The molecule has 0 saturated carbocycles. The molecule has 0 bridgehead atoms. The second-order valence-corrected chi connectivity index (χ2v) is 4.38. The lowest BCUT2D eigenvalue weighted by molar-refractivity contribution is 0.102. The number of pyridine rings is 1. The molecule has 1 heterocycles. The summed E-state index contributed by atoms with van der Waals surface area (Å²) in [4.78, 5) is 15.9. The number of nitrogens with zero attached hydrogens (tertiary/aromatic N) is 1. The summed E-state index contributed by atoms with van der Waals surface area (Å²) in [5, 5.41) is 11.1. The first kappa shape index (κ1) is 15.0. The Morgan fingerprint density at radius 3 is 2.81 bits per heavy atom. The largest absolute Gasteiger partial charge is 0.384 e. The molecule has 1 amide bonds. The minimum absolute atomic E-state index is 0.0158. The van der Waals surface area contributed by atoms with Crippen molar-refractivity contribution in [2.75, 3.05) is 11.9 Å². The second-order valence-electron chi connectivity index (χ2n) is 3.98. The Hall–Kier alpha value is -2.42. The number of carbonyl (C=O) groups excluding carboxylic acids is 1. The maximum atomic E-state index is 13.3. The van der Waals surface area contributed by atoms with Gasteiger partial charge in [-0.2, -0.15) is 0 Å². The van der Waals surface area contributed by atoms with E-state index >= 15 is 0 Å². The number of aliphatic hydroxyl groups is 1. The third kappa shape index (κ3) is 4.02. The highest BCUT2D eigenvalue weighted by Crippen LogP contribution is 2.19. The summed E-state index contributed by atoms with van der Waals surface area (Å²) >= 11 is 5.56. The van der Waals surface area contributed by atoms with E-state index < -0.39 is 11.7 Å².